The first-order valence-corrected chi connectivity index (χ1v) is 22.9. The highest BCUT2D eigenvalue weighted by Crippen LogP contribution is 2.51. The van der Waals surface area contributed by atoms with Gasteiger partial charge in [0.1, 0.15) is 23.0 Å². The summed E-state index contributed by atoms with van der Waals surface area (Å²) in [6.07, 6.45) is 0. The Hall–Kier alpha value is -8.80. The fraction of sp³-hybridized carbons (Fsp3) is 0. The van der Waals surface area contributed by atoms with Crippen LogP contribution >= 0.6 is 0 Å². The summed E-state index contributed by atoms with van der Waals surface area (Å²) >= 11 is 0. The number of benzene rings is 11. The van der Waals surface area contributed by atoms with Crippen molar-refractivity contribution in [3.05, 3.63) is 249 Å². The summed E-state index contributed by atoms with van der Waals surface area (Å²) in [6.45, 7) is -0.273. The van der Waals surface area contributed by atoms with Crippen molar-refractivity contribution in [3.8, 4) is 45.3 Å². The molecular weight excluding hydrogens is 816 g/mol. The molecule has 2 heterocycles. The van der Waals surface area contributed by atoms with Crippen molar-refractivity contribution in [1.29, 1.82) is 0 Å². The fourth-order valence-corrected chi connectivity index (χ4v) is 10.5. The molecule has 0 saturated carbocycles. The van der Waals surface area contributed by atoms with Crippen LogP contribution in [0, 0.1) is 0 Å². The van der Waals surface area contributed by atoms with Gasteiger partial charge in [0.15, 0.2) is 0 Å². The van der Waals surface area contributed by atoms with E-state index in [0.717, 1.165) is 117 Å². The van der Waals surface area contributed by atoms with Crippen LogP contribution in [0.15, 0.2) is 249 Å². The number of anilines is 6. The molecule has 0 atom stereocenters. The minimum atomic E-state index is -0.273. The second-order valence-corrected chi connectivity index (χ2v) is 17.1. The Morgan fingerprint density at radius 1 is 0.284 bits per heavy atom. The van der Waals surface area contributed by atoms with Crippen molar-refractivity contribution in [2.75, 3.05) is 9.80 Å². The zero-order chi connectivity index (χ0) is 44.3. The molecule has 11 aromatic rings. The SMILES string of the molecule is c1ccc(-c2cc(-c3ccccc3)c3c4c2Oc2cc(N(c5ccccc5)c5ccccc5)c5ccccc5c2B4c2c(cc(N(c4ccccc4)c4ccccc4)c4ccccc24)O3)cc1. The number of hydrogen-bond donors (Lipinski definition) is 0. The summed E-state index contributed by atoms with van der Waals surface area (Å²) in [4.78, 5) is 4.70. The van der Waals surface area contributed by atoms with Gasteiger partial charge in [0, 0.05) is 62.2 Å². The molecule has 2 aliphatic rings. The van der Waals surface area contributed by atoms with E-state index in [-0.39, 0.29) is 6.71 Å². The topological polar surface area (TPSA) is 24.9 Å². The van der Waals surface area contributed by atoms with Crippen LogP contribution in [0.5, 0.6) is 23.0 Å². The van der Waals surface area contributed by atoms with E-state index in [0.29, 0.717) is 0 Å². The van der Waals surface area contributed by atoms with Crippen LogP contribution < -0.4 is 35.7 Å². The van der Waals surface area contributed by atoms with Crippen LogP contribution in [0.1, 0.15) is 0 Å². The number of hydrogen-bond acceptors (Lipinski definition) is 4. The molecule has 0 N–H and O–H groups in total. The molecule has 0 aromatic heterocycles. The summed E-state index contributed by atoms with van der Waals surface area (Å²) in [7, 11) is 0. The molecule has 314 valence electrons. The normalized spacial score (nSPS) is 12.1. The van der Waals surface area contributed by atoms with Crippen molar-refractivity contribution in [2.24, 2.45) is 0 Å². The molecule has 11 aromatic carbocycles. The Labute approximate surface area is 390 Å². The van der Waals surface area contributed by atoms with Gasteiger partial charge in [-0.1, -0.05) is 182 Å². The largest absolute Gasteiger partial charge is 0.458 e. The second kappa shape index (κ2) is 16.0. The first-order valence-electron chi connectivity index (χ1n) is 22.9. The van der Waals surface area contributed by atoms with Gasteiger partial charge in [0.2, 0.25) is 0 Å². The summed E-state index contributed by atoms with van der Waals surface area (Å²) in [5.41, 5.74) is 13.7. The molecule has 0 unspecified atom stereocenters. The number of rotatable bonds is 8. The molecule has 0 spiro atoms. The van der Waals surface area contributed by atoms with Gasteiger partial charge in [-0.2, -0.15) is 0 Å². The molecule has 0 radical (unpaired) electrons. The molecule has 13 rings (SSSR count). The van der Waals surface area contributed by atoms with Crippen LogP contribution in [-0.2, 0) is 0 Å². The number of para-hydroxylation sites is 4. The zero-order valence-corrected chi connectivity index (χ0v) is 36.5. The maximum absolute atomic E-state index is 7.56. The van der Waals surface area contributed by atoms with Gasteiger partial charge in [-0.15, -0.1) is 0 Å². The maximum atomic E-state index is 7.56. The molecule has 0 saturated heterocycles. The molecule has 0 bridgehead atoms. The van der Waals surface area contributed by atoms with Crippen molar-refractivity contribution < 1.29 is 9.47 Å². The number of nitrogens with zero attached hydrogens (tertiary/aromatic N) is 2. The number of ether oxygens (including phenoxy) is 2. The van der Waals surface area contributed by atoms with Crippen LogP contribution in [0.2, 0.25) is 0 Å². The van der Waals surface area contributed by atoms with E-state index in [9.17, 15) is 0 Å². The predicted molar refractivity (Wildman–Crippen MR) is 279 cm³/mol. The molecule has 0 fully saturated rings. The molecule has 0 aliphatic carbocycles. The van der Waals surface area contributed by atoms with Gasteiger partial charge in [0.25, 0.3) is 6.71 Å². The van der Waals surface area contributed by atoms with E-state index in [2.05, 4.69) is 259 Å². The minimum absolute atomic E-state index is 0.273. The Bertz CT molecular complexity index is 3310. The van der Waals surface area contributed by atoms with Crippen molar-refractivity contribution in [2.45, 2.75) is 0 Å². The molecule has 0 amide bonds. The lowest BCUT2D eigenvalue weighted by atomic mass is 9.33. The van der Waals surface area contributed by atoms with Crippen LogP contribution in [0.25, 0.3) is 43.8 Å². The molecule has 67 heavy (non-hydrogen) atoms. The standard InChI is InChI=1S/C62H41BN2O2/c1-7-23-42(24-8-1)52-39-53(43-25-9-2-10-26-43)62-60-61(52)66-56-40-54(64(44-27-11-3-12-28-44)45-29-13-4-14-30-45)48-35-19-21-37-50(48)58(56)63(60)59-51-38-22-20-36-49(51)55(41-57(59)67-62)65(46-31-15-5-16-32-46)47-33-17-6-18-34-47/h1-41H. The Kier molecular flexibility index (Phi) is 9.24. The maximum Gasteiger partial charge on any atom is 0.262 e. The van der Waals surface area contributed by atoms with Crippen molar-refractivity contribution >= 4 is 78.8 Å². The average Bonchev–Trinajstić information content (AvgIpc) is 3.40. The first-order chi connectivity index (χ1) is 33.3. The molecule has 2 aliphatic heterocycles. The smallest absolute Gasteiger partial charge is 0.262 e. The highest BCUT2D eigenvalue weighted by atomic mass is 16.5. The lowest BCUT2D eigenvalue weighted by Gasteiger charge is -2.38. The fourth-order valence-electron chi connectivity index (χ4n) is 10.5. The highest BCUT2D eigenvalue weighted by molar-refractivity contribution is 7.01. The van der Waals surface area contributed by atoms with Gasteiger partial charge in [-0.25, -0.2) is 0 Å². The monoisotopic (exact) mass is 856 g/mol. The van der Waals surface area contributed by atoms with Crippen molar-refractivity contribution in [1.82, 2.24) is 0 Å². The van der Waals surface area contributed by atoms with Crippen LogP contribution in [-0.4, -0.2) is 6.71 Å². The van der Waals surface area contributed by atoms with Gasteiger partial charge in [0.05, 0.1) is 11.4 Å². The van der Waals surface area contributed by atoms with Gasteiger partial charge in [-0.05, 0) is 87.4 Å². The Balaban J connectivity index is 1.16. The Morgan fingerprint density at radius 3 is 0.925 bits per heavy atom. The molecular formula is C62H41BN2O2. The van der Waals surface area contributed by atoms with Gasteiger partial charge < -0.3 is 19.3 Å². The van der Waals surface area contributed by atoms with E-state index in [1.807, 2.05) is 0 Å². The van der Waals surface area contributed by atoms with E-state index in [4.69, 9.17) is 9.47 Å². The van der Waals surface area contributed by atoms with Crippen molar-refractivity contribution in [3.63, 3.8) is 0 Å². The third-order valence-corrected chi connectivity index (χ3v) is 13.3. The third kappa shape index (κ3) is 6.39. The summed E-state index contributed by atoms with van der Waals surface area (Å²) in [6, 6.07) is 88.3. The van der Waals surface area contributed by atoms with Crippen LogP contribution in [0.4, 0.5) is 34.1 Å². The van der Waals surface area contributed by atoms with E-state index < -0.39 is 0 Å². The van der Waals surface area contributed by atoms with Gasteiger partial charge >= 0.3 is 0 Å². The summed E-state index contributed by atoms with van der Waals surface area (Å²) < 4.78 is 15.1. The Morgan fingerprint density at radius 2 is 0.582 bits per heavy atom. The average molecular weight is 857 g/mol. The molecule has 4 nitrogen and oxygen atoms in total. The van der Waals surface area contributed by atoms with E-state index >= 15 is 0 Å². The quantitative estimate of drug-likeness (QED) is 0.142. The molecule has 5 heteroatoms. The summed E-state index contributed by atoms with van der Waals surface area (Å²) in [5, 5.41) is 4.49. The van der Waals surface area contributed by atoms with E-state index in [1.165, 1.54) is 0 Å². The van der Waals surface area contributed by atoms with Gasteiger partial charge in [-0.3, -0.25) is 0 Å². The first kappa shape index (κ1) is 38.6. The minimum Gasteiger partial charge on any atom is -0.458 e. The second-order valence-electron chi connectivity index (χ2n) is 17.1. The number of fused-ring (bicyclic) bond motifs is 8. The predicted octanol–water partition coefficient (Wildman–Crippen LogP) is 15.0. The zero-order valence-electron chi connectivity index (χ0n) is 36.5. The highest BCUT2D eigenvalue weighted by Gasteiger charge is 2.45. The van der Waals surface area contributed by atoms with E-state index in [1.54, 1.807) is 0 Å². The lowest BCUT2D eigenvalue weighted by Crippen LogP contribution is -2.58. The summed E-state index contributed by atoms with van der Waals surface area (Å²) in [5.74, 6) is 3.24. The van der Waals surface area contributed by atoms with Crippen LogP contribution in [0.3, 0.4) is 0 Å². The third-order valence-electron chi connectivity index (χ3n) is 13.3. The lowest BCUT2D eigenvalue weighted by molar-refractivity contribution is 0.467.